The van der Waals surface area contributed by atoms with Crippen LogP contribution in [0.4, 0.5) is 11.4 Å². The molecule has 0 aliphatic carbocycles. The number of rotatable bonds is 6. The molecule has 6 nitrogen and oxygen atoms in total. The van der Waals surface area contributed by atoms with Crippen molar-refractivity contribution in [3.05, 3.63) is 94.0 Å². The molecule has 0 aliphatic rings. The molecule has 0 aliphatic heterocycles. The van der Waals surface area contributed by atoms with Gasteiger partial charge >= 0.3 is 0 Å². The first kappa shape index (κ1) is 20.1. The van der Waals surface area contributed by atoms with Gasteiger partial charge in [-0.3, -0.25) is 15.5 Å². The highest BCUT2D eigenvalue weighted by atomic mass is 16.6. The summed E-state index contributed by atoms with van der Waals surface area (Å²) in [4.78, 5) is 10.4. The monoisotopic (exact) mass is 389 g/mol. The van der Waals surface area contributed by atoms with E-state index < -0.39 is 4.92 Å². The van der Waals surface area contributed by atoms with Crippen molar-refractivity contribution in [1.82, 2.24) is 0 Å². The first-order chi connectivity index (χ1) is 13.8. The SMILES string of the molecule is CC(C)(C)c1ccc(Oc2ccc(C=NNc3cccc([N+](=O)[O-])c3)cc2)cc1. The van der Waals surface area contributed by atoms with Crippen LogP contribution in [0.3, 0.4) is 0 Å². The fourth-order valence-electron chi connectivity index (χ4n) is 2.65. The average molecular weight is 389 g/mol. The highest BCUT2D eigenvalue weighted by Gasteiger charge is 2.13. The van der Waals surface area contributed by atoms with Gasteiger partial charge in [-0.1, -0.05) is 39.0 Å². The lowest BCUT2D eigenvalue weighted by Crippen LogP contribution is -2.10. The summed E-state index contributed by atoms with van der Waals surface area (Å²) in [5.74, 6) is 1.52. The molecule has 0 fully saturated rings. The van der Waals surface area contributed by atoms with Gasteiger partial charge in [0.1, 0.15) is 11.5 Å². The van der Waals surface area contributed by atoms with Gasteiger partial charge in [-0.25, -0.2) is 0 Å². The molecule has 6 heteroatoms. The zero-order valence-corrected chi connectivity index (χ0v) is 16.6. The molecule has 3 aromatic carbocycles. The van der Waals surface area contributed by atoms with Gasteiger partial charge in [0.15, 0.2) is 0 Å². The van der Waals surface area contributed by atoms with E-state index in [1.807, 2.05) is 36.4 Å². The van der Waals surface area contributed by atoms with E-state index >= 15 is 0 Å². The summed E-state index contributed by atoms with van der Waals surface area (Å²) in [5.41, 5.74) is 5.60. The summed E-state index contributed by atoms with van der Waals surface area (Å²) in [7, 11) is 0. The maximum atomic E-state index is 10.8. The van der Waals surface area contributed by atoms with Crippen molar-refractivity contribution in [1.29, 1.82) is 0 Å². The molecule has 3 aromatic rings. The first-order valence-corrected chi connectivity index (χ1v) is 9.23. The molecule has 0 atom stereocenters. The molecule has 0 saturated heterocycles. The third-order valence-corrected chi connectivity index (χ3v) is 4.30. The van der Waals surface area contributed by atoms with Crippen LogP contribution < -0.4 is 10.2 Å². The van der Waals surface area contributed by atoms with Crippen molar-refractivity contribution in [2.24, 2.45) is 5.10 Å². The zero-order valence-electron chi connectivity index (χ0n) is 16.6. The third-order valence-electron chi connectivity index (χ3n) is 4.30. The number of ether oxygens (including phenoxy) is 1. The van der Waals surface area contributed by atoms with E-state index in [1.165, 1.54) is 17.7 Å². The van der Waals surface area contributed by atoms with Crippen molar-refractivity contribution in [3.8, 4) is 11.5 Å². The standard InChI is InChI=1S/C23H23N3O3/c1-23(2,3)18-9-13-22(14-10-18)29-21-11-7-17(8-12-21)16-24-25-19-5-4-6-20(15-19)26(27)28/h4-16,25H,1-3H3. The highest BCUT2D eigenvalue weighted by molar-refractivity contribution is 5.80. The molecule has 1 N–H and O–H groups in total. The Balaban J connectivity index is 1.59. The van der Waals surface area contributed by atoms with Gasteiger partial charge < -0.3 is 4.74 Å². The number of benzene rings is 3. The number of anilines is 1. The summed E-state index contributed by atoms with van der Waals surface area (Å²) in [6.45, 7) is 6.53. The molecule has 0 unspecified atom stereocenters. The lowest BCUT2D eigenvalue weighted by Gasteiger charge is -2.19. The molecule has 0 aromatic heterocycles. The molecule has 148 valence electrons. The summed E-state index contributed by atoms with van der Waals surface area (Å²) in [6.07, 6.45) is 1.64. The quantitative estimate of drug-likeness (QED) is 0.312. The Morgan fingerprint density at radius 2 is 1.59 bits per heavy atom. The second-order valence-electron chi connectivity index (χ2n) is 7.62. The number of hydrazone groups is 1. The highest BCUT2D eigenvalue weighted by Crippen LogP contribution is 2.27. The molecule has 3 rings (SSSR count). The van der Waals surface area contributed by atoms with Crippen LogP contribution in [0.15, 0.2) is 77.9 Å². The maximum absolute atomic E-state index is 10.8. The number of hydrogen-bond donors (Lipinski definition) is 1. The summed E-state index contributed by atoms with van der Waals surface area (Å²) >= 11 is 0. The number of nitrogens with one attached hydrogen (secondary N) is 1. The number of nitro groups is 1. The van der Waals surface area contributed by atoms with Crippen LogP contribution in [-0.4, -0.2) is 11.1 Å². The van der Waals surface area contributed by atoms with Crippen molar-refractivity contribution < 1.29 is 9.66 Å². The summed E-state index contributed by atoms with van der Waals surface area (Å²) in [5, 5.41) is 14.9. The van der Waals surface area contributed by atoms with Crippen molar-refractivity contribution in [3.63, 3.8) is 0 Å². The van der Waals surface area contributed by atoms with Crippen LogP contribution >= 0.6 is 0 Å². The molecule has 0 spiro atoms. The van der Waals surface area contributed by atoms with Crippen LogP contribution in [-0.2, 0) is 5.41 Å². The largest absolute Gasteiger partial charge is 0.457 e. The zero-order chi connectivity index (χ0) is 20.9. The van der Waals surface area contributed by atoms with Crippen LogP contribution in [0.1, 0.15) is 31.9 Å². The Labute approximate surface area is 170 Å². The average Bonchev–Trinajstić information content (AvgIpc) is 2.69. The Morgan fingerprint density at radius 3 is 2.17 bits per heavy atom. The Kier molecular flexibility index (Phi) is 5.93. The second kappa shape index (κ2) is 8.56. The van der Waals surface area contributed by atoms with Crippen LogP contribution in [0, 0.1) is 10.1 Å². The number of nitro benzene ring substituents is 1. The first-order valence-electron chi connectivity index (χ1n) is 9.23. The van der Waals surface area contributed by atoms with E-state index in [2.05, 4.69) is 43.4 Å². The van der Waals surface area contributed by atoms with Gasteiger partial charge in [-0.05, 0) is 59.0 Å². The van der Waals surface area contributed by atoms with Crippen LogP contribution in [0.5, 0.6) is 11.5 Å². The van der Waals surface area contributed by atoms with Gasteiger partial charge in [-0.15, -0.1) is 0 Å². The van der Waals surface area contributed by atoms with E-state index in [0.717, 1.165) is 17.1 Å². The van der Waals surface area contributed by atoms with Crippen molar-refractivity contribution >= 4 is 17.6 Å². The molecule has 0 bridgehead atoms. The minimum atomic E-state index is -0.440. The summed E-state index contributed by atoms with van der Waals surface area (Å²) < 4.78 is 5.89. The van der Waals surface area contributed by atoms with Gasteiger partial charge in [0, 0.05) is 12.1 Å². The Hall–Kier alpha value is -3.67. The van der Waals surface area contributed by atoms with Crippen molar-refractivity contribution in [2.75, 3.05) is 5.43 Å². The number of hydrogen-bond acceptors (Lipinski definition) is 5. The van der Waals surface area contributed by atoms with E-state index in [-0.39, 0.29) is 11.1 Å². The molecule has 29 heavy (non-hydrogen) atoms. The minimum absolute atomic E-state index is 0.0160. The van der Waals surface area contributed by atoms with E-state index in [1.54, 1.807) is 18.3 Å². The minimum Gasteiger partial charge on any atom is -0.457 e. The van der Waals surface area contributed by atoms with E-state index in [0.29, 0.717) is 5.69 Å². The number of nitrogens with zero attached hydrogens (tertiary/aromatic N) is 2. The molecular weight excluding hydrogens is 366 g/mol. The maximum Gasteiger partial charge on any atom is 0.271 e. The van der Waals surface area contributed by atoms with Crippen LogP contribution in [0.2, 0.25) is 0 Å². The Morgan fingerprint density at radius 1 is 0.966 bits per heavy atom. The fourth-order valence-corrected chi connectivity index (χ4v) is 2.65. The van der Waals surface area contributed by atoms with Gasteiger partial charge in [0.2, 0.25) is 0 Å². The Bertz CT molecular complexity index is 1000. The van der Waals surface area contributed by atoms with Crippen molar-refractivity contribution in [2.45, 2.75) is 26.2 Å². The third kappa shape index (κ3) is 5.65. The molecular formula is C23H23N3O3. The smallest absolute Gasteiger partial charge is 0.271 e. The van der Waals surface area contributed by atoms with Gasteiger partial charge in [-0.2, -0.15) is 5.10 Å². The second-order valence-corrected chi connectivity index (χ2v) is 7.62. The molecule has 0 heterocycles. The summed E-state index contributed by atoms with van der Waals surface area (Å²) in [6, 6.07) is 21.8. The van der Waals surface area contributed by atoms with Gasteiger partial charge in [0.05, 0.1) is 16.8 Å². The topological polar surface area (TPSA) is 76.8 Å². The predicted octanol–water partition coefficient (Wildman–Crippen LogP) is 6.13. The predicted molar refractivity (Wildman–Crippen MR) is 116 cm³/mol. The van der Waals surface area contributed by atoms with Crippen LogP contribution in [0.25, 0.3) is 0 Å². The molecule has 0 saturated carbocycles. The van der Waals surface area contributed by atoms with E-state index in [4.69, 9.17) is 4.74 Å². The fraction of sp³-hybridized carbons (Fsp3) is 0.174. The normalized spacial score (nSPS) is 11.4. The lowest BCUT2D eigenvalue weighted by molar-refractivity contribution is -0.384. The molecule has 0 radical (unpaired) electrons. The number of non-ortho nitro benzene ring substituents is 1. The van der Waals surface area contributed by atoms with Gasteiger partial charge in [0.25, 0.3) is 5.69 Å². The van der Waals surface area contributed by atoms with E-state index in [9.17, 15) is 10.1 Å². The lowest BCUT2D eigenvalue weighted by atomic mass is 9.87. The molecule has 0 amide bonds.